The minimum absolute atomic E-state index is 0.663. The molecule has 0 amide bonds. The molecule has 1 aromatic heterocycles. The van der Waals surface area contributed by atoms with E-state index in [1.165, 1.54) is 0 Å². The summed E-state index contributed by atoms with van der Waals surface area (Å²) in [7, 11) is 0. The maximum atomic E-state index is 5.26. The van der Waals surface area contributed by atoms with Gasteiger partial charge >= 0.3 is 0 Å². The van der Waals surface area contributed by atoms with Crippen LogP contribution in [0.15, 0.2) is 23.0 Å². The lowest BCUT2D eigenvalue weighted by atomic mass is 10.5. The van der Waals surface area contributed by atoms with Crippen molar-refractivity contribution in [3.63, 3.8) is 0 Å². The lowest BCUT2D eigenvalue weighted by molar-refractivity contribution is 0.309. The molecule has 0 fully saturated rings. The van der Waals surface area contributed by atoms with Gasteiger partial charge in [-0.1, -0.05) is 0 Å². The summed E-state index contributed by atoms with van der Waals surface area (Å²) in [5, 5.41) is 0. The average Bonchev–Trinajstić information content (AvgIpc) is 2.41. The number of furan rings is 1. The topological polar surface area (TPSA) is 48.4 Å². The van der Waals surface area contributed by atoms with Crippen LogP contribution < -0.4 is 10.5 Å². The Kier molecular flexibility index (Phi) is 2.83. The number of rotatable bonds is 4. The van der Waals surface area contributed by atoms with E-state index in [9.17, 15) is 0 Å². The molecule has 0 spiro atoms. The first kappa shape index (κ1) is 7.15. The van der Waals surface area contributed by atoms with Gasteiger partial charge in [0.05, 0.1) is 12.9 Å². The molecule has 10 heavy (non-hydrogen) atoms. The van der Waals surface area contributed by atoms with Crippen molar-refractivity contribution in [1.29, 1.82) is 0 Å². The van der Waals surface area contributed by atoms with Gasteiger partial charge in [0.15, 0.2) is 5.75 Å². The van der Waals surface area contributed by atoms with Crippen LogP contribution in [0.25, 0.3) is 0 Å². The van der Waals surface area contributed by atoms with Crippen LogP contribution in [0.1, 0.15) is 6.42 Å². The third-order valence-electron chi connectivity index (χ3n) is 1.11. The van der Waals surface area contributed by atoms with E-state index in [0.717, 1.165) is 12.2 Å². The molecule has 0 atom stereocenters. The highest BCUT2D eigenvalue weighted by atomic mass is 16.5. The Labute approximate surface area is 59.8 Å². The van der Waals surface area contributed by atoms with Crippen molar-refractivity contribution in [1.82, 2.24) is 0 Å². The van der Waals surface area contributed by atoms with Crippen LogP contribution in [0.2, 0.25) is 0 Å². The predicted octanol–water partition coefficient (Wildman–Crippen LogP) is 1.01. The normalized spacial score (nSPS) is 9.70. The molecule has 2 N–H and O–H groups in total. The summed E-state index contributed by atoms with van der Waals surface area (Å²) < 4.78 is 10.0. The van der Waals surface area contributed by atoms with Gasteiger partial charge in [-0.05, 0) is 13.0 Å². The first-order valence-corrected chi connectivity index (χ1v) is 3.28. The zero-order valence-electron chi connectivity index (χ0n) is 5.75. The molecule has 1 aromatic rings. The van der Waals surface area contributed by atoms with E-state index < -0.39 is 0 Å². The minimum atomic E-state index is 0.663. The Morgan fingerprint density at radius 2 is 2.50 bits per heavy atom. The Morgan fingerprint density at radius 3 is 3.10 bits per heavy atom. The summed E-state index contributed by atoms with van der Waals surface area (Å²) in [6.45, 7) is 1.33. The second-order valence-corrected chi connectivity index (χ2v) is 1.95. The molecule has 0 aliphatic rings. The van der Waals surface area contributed by atoms with Gasteiger partial charge < -0.3 is 14.9 Å². The molecule has 3 nitrogen and oxygen atoms in total. The van der Waals surface area contributed by atoms with Gasteiger partial charge in [-0.25, -0.2) is 0 Å². The molecule has 0 aliphatic heterocycles. The second-order valence-electron chi connectivity index (χ2n) is 1.95. The second kappa shape index (κ2) is 3.95. The molecule has 0 saturated heterocycles. The van der Waals surface area contributed by atoms with E-state index >= 15 is 0 Å². The Hall–Kier alpha value is -0.960. The average molecular weight is 141 g/mol. The van der Waals surface area contributed by atoms with Gasteiger partial charge in [0.2, 0.25) is 0 Å². The number of hydrogen-bond acceptors (Lipinski definition) is 3. The smallest absolute Gasteiger partial charge is 0.157 e. The Bertz CT molecular complexity index is 160. The molecule has 1 rings (SSSR count). The van der Waals surface area contributed by atoms with Crippen LogP contribution in [0.4, 0.5) is 0 Å². The van der Waals surface area contributed by atoms with Crippen LogP contribution in [0.5, 0.6) is 5.75 Å². The lowest BCUT2D eigenvalue weighted by Gasteiger charge is -1.99. The van der Waals surface area contributed by atoms with Crippen LogP contribution in [-0.2, 0) is 0 Å². The first-order chi connectivity index (χ1) is 4.93. The van der Waals surface area contributed by atoms with Gasteiger partial charge in [0, 0.05) is 6.07 Å². The molecular weight excluding hydrogens is 130 g/mol. The van der Waals surface area contributed by atoms with Crippen molar-refractivity contribution in [3.05, 3.63) is 18.6 Å². The van der Waals surface area contributed by atoms with E-state index in [2.05, 4.69) is 0 Å². The fraction of sp³-hybridized carbons (Fsp3) is 0.429. The van der Waals surface area contributed by atoms with Crippen LogP contribution in [0.3, 0.4) is 0 Å². The van der Waals surface area contributed by atoms with E-state index in [0.29, 0.717) is 13.2 Å². The van der Waals surface area contributed by atoms with E-state index in [4.69, 9.17) is 14.9 Å². The quantitative estimate of drug-likeness (QED) is 0.636. The van der Waals surface area contributed by atoms with E-state index in [1.54, 1.807) is 18.6 Å². The standard InChI is InChI=1S/C7H11NO2/c8-3-1-4-10-7-2-5-9-6-7/h2,5-6H,1,3-4,8H2. The summed E-state index contributed by atoms with van der Waals surface area (Å²) >= 11 is 0. The zero-order chi connectivity index (χ0) is 7.23. The van der Waals surface area contributed by atoms with Crippen LogP contribution in [-0.4, -0.2) is 13.2 Å². The fourth-order valence-corrected chi connectivity index (χ4v) is 0.607. The maximum Gasteiger partial charge on any atom is 0.157 e. The molecule has 0 saturated carbocycles. The van der Waals surface area contributed by atoms with Crippen molar-refractivity contribution in [2.75, 3.05) is 13.2 Å². The molecule has 0 radical (unpaired) electrons. The summed E-state index contributed by atoms with van der Waals surface area (Å²) in [6, 6.07) is 1.77. The summed E-state index contributed by atoms with van der Waals surface area (Å²) in [4.78, 5) is 0. The highest BCUT2D eigenvalue weighted by molar-refractivity contribution is 5.12. The SMILES string of the molecule is NCCCOc1ccoc1. The minimum Gasteiger partial charge on any atom is -0.490 e. The zero-order valence-corrected chi connectivity index (χ0v) is 5.75. The van der Waals surface area contributed by atoms with Gasteiger partial charge in [0.25, 0.3) is 0 Å². The summed E-state index contributed by atoms with van der Waals surface area (Å²) in [5.41, 5.74) is 5.26. The van der Waals surface area contributed by atoms with Crippen molar-refractivity contribution < 1.29 is 9.15 Å². The van der Waals surface area contributed by atoms with Crippen molar-refractivity contribution in [2.24, 2.45) is 5.73 Å². The molecule has 1 heterocycles. The van der Waals surface area contributed by atoms with Gasteiger partial charge in [-0.15, -0.1) is 0 Å². The molecule has 0 aliphatic carbocycles. The van der Waals surface area contributed by atoms with Gasteiger partial charge in [0.1, 0.15) is 6.26 Å². The lowest BCUT2D eigenvalue weighted by Crippen LogP contribution is -2.05. The first-order valence-electron chi connectivity index (χ1n) is 3.28. The summed E-state index contributed by atoms with van der Waals surface area (Å²) in [6.07, 6.45) is 4.03. The maximum absolute atomic E-state index is 5.26. The highest BCUT2D eigenvalue weighted by Gasteiger charge is 1.91. The number of ether oxygens (including phenoxy) is 1. The predicted molar refractivity (Wildman–Crippen MR) is 37.9 cm³/mol. The van der Waals surface area contributed by atoms with Crippen molar-refractivity contribution >= 4 is 0 Å². The van der Waals surface area contributed by atoms with Crippen LogP contribution >= 0.6 is 0 Å². The van der Waals surface area contributed by atoms with Gasteiger partial charge in [-0.3, -0.25) is 0 Å². The highest BCUT2D eigenvalue weighted by Crippen LogP contribution is 2.09. The fourth-order valence-electron chi connectivity index (χ4n) is 0.607. The van der Waals surface area contributed by atoms with Gasteiger partial charge in [-0.2, -0.15) is 0 Å². The number of hydrogen-bond donors (Lipinski definition) is 1. The molecular formula is C7H11NO2. The molecule has 0 aromatic carbocycles. The molecule has 3 heteroatoms. The summed E-state index contributed by atoms with van der Waals surface area (Å²) in [5.74, 6) is 0.772. The Morgan fingerprint density at radius 1 is 1.60 bits per heavy atom. The largest absolute Gasteiger partial charge is 0.490 e. The van der Waals surface area contributed by atoms with Crippen molar-refractivity contribution in [2.45, 2.75) is 6.42 Å². The number of nitrogens with two attached hydrogens (primary N) is 1. The van der Waals surface area contributed by atoms with Crippen LogP contribution in [0, 0.1) is 0 Å². The van der Waals surface area contributed by atoms with E-state index in [1.807, 2.05) is 0 Å². The third-order valence-corrected chi connectivity index (χ3v) is 1.11. The Balaban J connectivity index is 2.15. The third kappa shape index (κ3) is 2.11. The molecule has 0 unspecified atom stereocenters. The van der Waals surface area contributed by atoms with Crippen molar-refractivity contribution in [3.8, 4) is 5.75 Å². The molecule has 56 valence electrons. The molecule has 0 bridgehead atoms. The van der Waals surface area contributed by atoms with E-state index in [-0.39, 0.29) is 0 Å². The monoisotopic (exact) mass is 141 g/mol.